The number of nitrogens with one attached hydrogen (secondary N) is 2. The molecule has 0 saturated heterocycles. The van der Waals surface area contributed by atoms with Crippen molar-refractivity contribution in [2.45, 2.75) is 63.6 Å². The topological polar surface area (TPSA) is 78.8 Å². The van der Waals surface area contributed by atoms with Crippen molar-refractivity contribution in [2.24, 2.45) is 0 Å². The zero-order chi connectivity index (χ0) is 18.8. The van der Waals surface area contributed by atoms with Crippen molar-refractivity contribution >= 4 is 38.1 Å². The van der Waals surface area contributed by atoms with Gasteiger partial charge in [-0.15, -0.1) is 10.7 Å². The fourth-order valence-corrected chi connectivity index (χ4v) is 6.82. The van der Waals surface area contributed by atoms with Gasteiger partial charge in [0.2, 0.25) is 0 Å². The largest absolute Gasteiger partial charge is 0.385 e. The van der Waals surface area contributed by atoms with Gasteiger partial charge in [0.25, 0.3) is 0 Å². The van der Waals surface area contributed by atoms with Crippen LogP contribution in [0.2, 0.25) is 0 Å². The number of fused-ring (bicyclic) bond motifs is 3. The standard InChI is InChI=1S/C20H27N5OS/c1-4-8-27(5-2)24-19-10-20(11-19,12-19)25-16-14-6-7-21-17(14)22-9-15(16)23-18(25)13(3)26/h5-7,9,13,24,26H,4,8,10-12H2,1-3H3,(H,21,22)/t13-,19?,20?,27?/m1/s1. The fraction of sp³-hybridized carbons (Fsp3) is 0.550. The van der Waals surface area contributed by atoms with Crippen LogP contribution in [0.1, 0.15) is 58.4 Å². The van der Waals surface area contributed by atoms with Gasteiger partial charge in [-0.25, -0.2) is 9.97 Å². The van der Waals surface area contributed by atoms with Crippen LogP contribution >= 0.6 is 10.7 Å². The minimum Gasteiger partial charge on any atom is -0.385 e. The van der Waals surface area contributed by atoms with Gasteiger partial charge in [-0.05, 0) is 45.6 Å². The van der Waals surface area contributed by atoms with Crippen molar-refractivity contribution in [3.8, 4) is 0 Å². The first kappa shape index (κ1) is 17.4. The number of nitrogens with zero attached hydrogens (tertiary/aromatic N) is 3. The van der Waals surface area contributed by atoms with Gasteiger partial charge in [0.05, 0.1) is 17.3 Å². The van der Waals surface area contributed by atoms with Gasteiger partial charge in [0.1, 0.15) is 23.1 Å². The highest BCUT2D eigenvalue weighted by Gasteiger charge is 2.70. The molecule has 0 amide bonds. The van der Waals surface area contributed by atoms with Crippen LogP contribution < -0.4 is 4.72 Å². The lowest BCUT2D eigenvalue weighted by Gasteiger charge is -2.71. The second kappa shape index (κ2) is 5.90. The first-order chi connectivity index (χ1) is 13.0. The van der Waals surface area contributed by atoms with E-state index in [4.69, 9.17) is 4.98 Å². The zero-order valence-corrected chi connectivity index (χ0v) is 16.9. The van der Waals surface area contributed by atoms with E-state index in [1.54, 1.807) is 0 Å². The van der Waals surface area contributed by atoms with Crippen LogP contribution in [-0.4, -0.2) is 41.3 Å². The summed E-state index contributed by atoms with van der Waals surface area (Å²) >= 11 is 0. The number of pyridine rings is 1. The molecule has 2 atom stereocenters. The van der Waals surface area contributed by atoms with Crippen LogP contribution in [0.25, 0.3) is 22.1 Å². The highest BCUT2D eigenvalue weighted by atomic mass is 32.2. The van der Waals surface area contributed by atoms with Crippen LogP contribution in [-0.2, 0) is 5.54 Å². The van der Waals surface area contributed by atoms with E-state index >= 15 is 0 Å². The van der Waals surface area contributed by atoms with E-state index < -0.39 is 6.10 Å². The molecule has 7 heteroatoms. The van der Waals surface area contributed by atoms with E-state index in [0.717, 1.165) is 47.2 Å². The molecule has 0 aromatic carbocycles. The van der Waals surface area contributed by atoms with Crippen LogP contribution in [0.15, 0.2) is 18.5 Å². The quantitative estimate of drug-likeness (QED) is 0.567. The first-order valence-corrected chi connectivity index (χ1v) is 11.3. The first-order valence-electron chi connectivity index (χ1n) is 9.81. The lowest BCUT2D eigenvalue weighted by atomic mass is 9.44. The molecule has 3 aliphatic rings. The number of aromatic amines is 1. The molecular formula is C20H27N5OS. The smallest absolute Gasteiger partial charge is 0.139 e. The van der Waals surface area contributed by atoms with Crippen LogP contribution in [0.3, 0.4) is 0 Å². The fourth-order valence-electron chi connectivity index (χ4n) is 5.15. The second-order valence-corrected chi connectivity index (χ2v) is 10.2. The minimum atomic E-state index is -0.594. The summed E-state index contributed by atoms with van der Waals surface area (Å²) in [6.07, 6.45) is 7.69. The lowest BCUT2D eigenvalue weighted by molar-refractivity contribution is -0.124. The summed E-state index contributed by atoms with van der Waals surface area (Å²) < 4.78 is 6.25. The van der Waals surface area contributed by atoms with Crippen molar-refractivity contribution < 1.29 is 5.11 Å². The van der Waals surface area contributed by atoms with Crippen LogP contribution in [0, 0.1) is 0 Å². The molecule has 3 N–H and O–H groups in total. The number of rotatable bonds is 6. The Morgan fingerprint density at radius 1 is 1.44 bits per heavy atom. The molecule has 3 aromatic heterocycles. The van der Waals surface area contributed by atoms with Crippen molar-refractivity contribution in [2.75, 3.05) is 5.75 Å². The van der Waals surface area contributed by atoms with Crippen LogP contribution in [0.5, 0.6) is 0 Å². The SMILES string of the molecule is C/C=S(/CCC)NC12CC(n3c([C@@H](C)O)nc4cnc5[nH]ccc5c43)(C1)C2. The Labute approximate surface area is 161 Å². The van der Waals surface area contributed by atoms with E-state index in [1.807, 2.05) is 19.3 Å². The normalized spacial score (nSPS) is 29.0. The summed E-state index contributed by atoms with van der Waals surface area (Å²) in [7, 11) is 0.202. The molecule has 3 heterocycles. The molecular weight excluding hydrogens is 358 g/mol. The van der Waals surface area contributed by atoms with E-state index in [2.05, 4.69) is 44.5 Å². The summed E-state index contributed by atoms with van der Waals surface area (Å²) in [5.41, 5.74) is 3.21. The molecule has 6 nitrogen and oxygen atoms in total. The summed E-state index contributed by atoms with van der Waals surface area (Å²) in [5, 5.41) is 13.8. The predicted octanol–water partition coefficient (Wildman–Crippen LogP) is 3.60. The van der Waals surface area contributed by atoms with Crippen molar-refractivity contribution in [1.29, 1.82) is 0 Å². The van der Waals surface area contributed by atoms with Crippen molar-refractivity contribution in [3.05, 3.63) is 24.3 Å². The Morgan fingerprint density at radius 3 is 2.89 bits per heavy atom. The number of aliphatic hydroxyl groups excluding tert-OH is 1. The van der Waals surface area contributed by atoms with E-state index in [-0.39, 0.29) is 21.7 Å². The molecule has 0 spiro atoms. The number of H-pyrrole nitrogens is 1. The lowest BCUT2D eigenvalue weighted by Crippen LogP contribution is -2.77. The molecule has 3 fully saturated rings. The predicted molar refractivity (Wildman–Crippen MR) is 112 cm³/mol. The van der Waals surface area contributed by atoms with Gasteiger partial charge in [0, 0.05) is 22.9 Å². The number of hydrogen-bond acceptors (Lipinski definition) is 4. The third-order valence-electron chi connectivity index (χ3n) is 6.13. The van der Waals surface area contributed by atoms with Crippen molar-refractivity contribution in [3.63, 3.8) is 0 Å². The molecule has 2 bridgehead atoms. The Hall–Kier alpha value is -1.70. The van der Waals surface area contributed by atoms with Gasteiger partial charge >= 0.3 is 0 Å². The Morgan fingerprint density at radius 2 is 2.22 bits per heavy atom. The minimum absolute atomic E-state index is 0.0780. The Bertz CT molecular complexity index is 1040. The molecule has 0 aliphatic heterocycles. The van der Waals surface area contributed by atoms with E-state index in [0.29, 0.717) is 0 Å². The van der Waals surface area contributed by atoms with Gasteiger partial charge < -0.3 is 14.7 Å². The molecule has 6 rings (SSSR count). The van der Waals surface area contributed by atoms with Crippen molar-refractivity contribution in [1.82, 2.24) is 24.2 Å². The van der Waals surface area contributed by atoms with E-state index in [1.165, 1.54) is 12.2 Å². The highest BCUT2D eigenvalue weighted by Crippen LogP contribution is 2.67. The van der Waals surface area contributed by atoms with Crippen LogP contribution in [0.4, 0.5) is 0 Å². The molecule has 3 aromatic rings. The molecule has 0 radical (unpaired) electrons. The number of aliphatic hydroxyl groups is 1. The average Bonchev–Trinajstić information content (AvgIpc) is 3.19. The van der Waals surface area contributed by atoms with Gasteiger partial charge in [-0.1, -0.05) is 12.3 Å². The van der Waals surface area contributed by atoms with Gasteiger partial charge in [-0.3, -0.25) is 4.72 Å². The Kier molecular flexibility index (Phi) is 3.80. The summed E-state index contributed by atoms with van der Waals surface area (Å²) in [6.45, 7) is 6.22. The third kappa shape index (κ3) is 2.38. The summed E-state index contributed by atoms with van der Waals surface area (Å²) in [5.74, 6) is 1.98. The number of aromatic nitrogens is 4. The monoisotopic (exact) mass is 385 g/mol. The summed E-state index contributed by atoms with van der Waals surface area (Å²) in [4.78, 5) is 12.4. The average molecular weight is 386 g/mol. The number of hydrogen-bond donors (Lipinski definition) is 3. The molecule has 3 saturated carbocycles. The maximum Gasteiger partial charge on any atom is 0.139 e. The van der Waals surface area contributed by atoms with E-state index in [9.17, 15) is 5.11 Å². The molecule has 144 valence electrons. The summed E-state index contributed by atoms with van der Waals surface area (Å²) in [6, 6.07) is 2.07. The second-order valence-electron chi connectivity index (χ2n) is 8.22. The van der Waals surface area contributed by atoms with Gasteiger partial charge in [-0.2, -0.15) is 0 Å². The Balaban J connectivity index is 1.55. The van der Waals surface area contributed by atoms with Gasteiger partial charge in [0.15, 0.2) is 0 Å². The molecule has 1 unspecified atom stereocenters. The maximum absolute atomic E-state index is 10.4. The highest BCUT2D eigenvalue weighted by molar-refractivity contribution is 8.13. The molecule has 3 aliphatic carbocycles. The maximum atomic E-state index is 10.4. The zero-order valence-electron chi connectivity index (χ0n) is 16.1. The number of imidazole rings is 1. The third-order valence-corrected chi connectivity index (χ3v) is 8.25. The molecule has 27 heavy (non-hydrogen) atoms.